The second-order valence-electron chi connectivity index (χ2n) is 13.6. The van der Waals surface area contributed by atoms with Crippen LogP contribution in [-0.4, -0.2) is 70.3 Å². The van der Waals surface area contributed by atoms with Crippen LogP contribution in [0, 0.1) is 23.2 Å². The largest absolute Gasteiger partial charge is 0.342 e. The van der Waals surface area contributed by atoms with E-state index in [4.69, 9.17) is 0 Å². The number of nitrogens with zero attached hydrogens (tertiary/aromatic N) is 3. The maximum atomic E-state index is 15.2. The summed E-state index contributed by atoms with van der Waals surface area (Å²) >= 11 is 0. The fourth-order valence-corrected chi connectivity index (χ4v) is 7.70. The molecule has 0 aromatic carbocycles. The molecule has 218 valence electrons. The molecule has 1 spiro atoms. The third-order valence-electron chi connectivity index (χ3n) is 9.96. The molecule has 0 bridgehead atoms. The SMILES string of the molecule is CCCCC1C(C)N(C(C)C)C(=O)C12CCN(C(=O)[C@@H]1CN(C(C)(C)C)C[C@H]1C1=CC=C(F)CC=C1F)CC2. The molecule has 3 fully saturated rings. The van der Waals surface area contributed by atoms with E-state index in [0.29, 0.717) is 50.5 Å². The second-order valence-corrected chi connectivity index (χ2v) is 13.6. The minimum absolute atomic E-state index is 0.0355. The third-order valence-corrected chi connectivity index (χ3v) is 9.96. The summed E-state index contributed by atoms with van der Waals surface area (Å²) in [6.45, 7) is 17.1. The first-order valence-electron chi connectivity index (χ1n) is 15.1. The molecule has 0 N–H and O–H groups in total. The lowest BCUT2D eigenvalue weighted by atomic mass is 9.67. The molecule has 4 rings (SSSR count). The van der Waals surface area contributed by atoms with Gasteiger partial charge in [0.2, 0.25) is 11.8 Å². The van der Waals surface area contributed by atoms with E-state index >= 15 is 4.39 Å². The molecule has 0 aromatic heterocycles. The lowest BCUT2D eigenvalue weighted by Gasteiger charge is -2.42. The summed E-state index contributed by atoms with van der Waals surface area (Å²) in [4.78, 5) is 34.2. The summed E-state index contributed by atoms with van der Waals surface area (Å²) in [5, 5.41) is 0. The Hall–Kier alpha value is -2.02. The Balaban J connectivity index is 1.56. The Morgan fingerprint density at radius 2 is 1.79 bits per heavy atom. The summed E-state index contributed by atoms with van der Waals surface area (Å²) in [5.41, 5.74) is -0.151. The number of halogens is 2. The standard InChI is InChI=1S/C32H49F2N3O2/c1-8-9-10-27-22(4)37(21(2)3)30(39)32(27)15-17-35(18-16-32)29(38)26-20-36(31(5,6)7)19-25(26)24-13-11-23(33)12-14-28(24)34/h11,13-14,21-22,25-27H,8-10,12,15-20H2,1-7H3/t22?,25-,26+,27?/m0/s1. The number of hydrogen-bond acceptors (Lipinski definition) is 3. The molecule has 7 heteroatoms. The van der Waals surface area contributed by atoms with Crippen molar-refractivity contribution in [1.29, 1.82) is 0 Å². The number of likely N-dealkylation sites (tertiary alicyclic amines) is 3. The first kappa shape index (κ1) is 30.0. The van der Waals surface area contributed by atoms with Crippen LogP contribution in [0.5, 0.6) is 0 Å². The van der Waals surface area contributed by atoms with Gasteiger partial charge in [0.05, 0.1) is 11.3 Å². The van der Waals surface area contributed by atoms with Gasteiger partial charge in [-0.25, -0.2) is 8.78 Å². The van der Waals surface area contributed by atoms with Crippen LogP contribution in [-0.2, 0) is 9.59 Å². The smallest absolute Gasteiger partial charge is 0.229 e. The first-order chi connectivity index (χ1) is 18.3. The Labute approximate surface area is 234 Å². The average molecular weight is 546 g/mol. The van der Waals surface area contributed by atoms with Crippen LogP contribution in [0.3, 0.4) is 0 Å². The van der Waals surface area contributed by atoms with Crippen molar-refractivity contribution in [3.05, 3.63) is 35.5 Å². The Kier molecular flexibility index (Phi) is 8.80. The molecule has 2 unspecified atom stereocenters. The maximum Gasteiger partial charge on any atom is 0.229 e. The van der Waals surface area contributed by atoms with Crippen molar-refractivity contribution < 1.29 is 18.4 Å². The molecular weight excluding hydrogens is 496 g/mol. The summed E-state index contributed by atoms with van der Waals surface area (Å²) in [5.74, 6) is -0.940. The van der Waals surface area contributed by atoms with Crippen LogP contribution in [0.4, 0.5) is 8.78 Å². The van der Waals surface area contributed by atoms with Gasteiger partial charge in [-0.05, 0) is 84.4 Å². The normalized spacial score (nSPS) is 30.1. The number of carbonyl (C=O) groups excluding carboxylic acids is 2. The van der Waals surface area contributed by atoms with E-state index in [1.54, 1.807) is 0 Å². The number of hydrogen-bond donors (Lipinski definition) is 0. The minimum Gasteiger partial charge on any atom is -0.342 e. The number of rotatable bonds is 6. The summed E-state index contributed by atoms with van der Waals surface area (Å²) < 4.78 is 29.1. The number of carbonyl (C=O) groups is 2. The van der Waals surface area contributed by atoms with Crippen molar-refractivity contribution in [3.63, 3.8) is 0 Å². The number of amides is 2. The van der Waals surface area contributed by atoms with Crippen molar-refractivity contribution in [3.8, 4) is 0 Å². The van der Waals surface area contributed by atoms with E-state index in [1.807, 2.05) is 4.90 Å². The highest BCUT2D eigenvalue weighted by atomic mass is 19.1. The monoisotopic (exact) mass is 545 g/mol. The van der Waals surface area contributed by atoms with Gasteiger partial charge >= 0.3 is 0 Å². The average Bonchev–Trinajstić information content (AvgIpc) is 3.34. The lowest BCUT2D eigenvalue weighted by Crippen LogP contribution is -2.51. The highest BCUT2D eigenvalue weighted by molar-refractivity contribution is 5.87. The van der Waals surface area contributed by atoms with Gasteiger partial charge in [0.1, 0.15) is 11.7 Å². The second kappa shape index (κ2) is 11.5. The van der Waals surface area contributed by atoms with Crippen molar-refractivity contribution in [1.82, 2.24) is 14.7 Å². The van der Waals surface area contributed by atoms with Crippen molar-refractivity contribution in [2.24, 2.45) is 23.2 Å². The quantitative estimate of drug-likeness (QED) is 0.387. The van der Waals surface area contributed by atoms with E-state index in [2.05, 4.69) is 58.3 Å². The van der Waals surface area contributed by atoms with E-state index in [0.717, 1.165) is 19.3 Å². The molecule has 0 radical (unpaired) electrons. The maximum absolute atomic E-state index is 15.2. The van der Waals surface area contributed by atoms with Crippen LogP contribution in [0.15, 0.2) is 35.5 Å². The number of piperidine rings is 1. The molecule has 3 heterocycles. The molecule has 1 aliphatic carbocycles. The van der Waals surface area contributed by atoms with Gasteiger partial charge in [-0.15, -0.1) is 0 Å². The molecule has 3 aliphatic heterocycles. The van der Waals surface area contributed by atoms with E-state index in [9.17, 15) is 14.0 Å². The van der Waals surface area contributed by atoms with Crippen LogP contribution < -0.4 is 0 Å². The zero-order chi connectivity index (χ0) is 28.7. The predicted molar refractivity (Wildman–Crippen MR) is 152 cm³/mol. The molecule has 39 heavy (non-hydrogen) atoms. The van der Waals surface area contributed by atoms with Gasteiger partial charge in [-0.3, -0.25) is 14.5 Å². The Morgan fingerprint density at radius 3 is 2.38 bits per heavy atom. The molecule has 4 aliphatic rings. The Bertz CT molecular complexity index is 1030. The summed E-state index contributed by atoms with van der Waals surface area (Å²) in [7, 11) is 0. The lowest BCUT2D eigenvalue weighted by molar-refractivity contribution is -0.147. The predicted octanol–water partition coefficient (Wildman–Crippen LogP) is 6.42. The van der Waals surface area contributed by atoms with Crippen molar-refractivity contribution >= 4 is 11.8 Å². The van der Waals surface area contributed by atoms with Gasteiger partial charge < -0.3 is 9.80 Å². The molecule has 5 nitrogen and oxygen atoms in total. The third kappa shape index (κ3) is 5.62. The fourth-order valence-electron chi connectivity index (χ4n) is 7.70. The molecule has 2 amide bonds. The van der Waals surface area contributed by atoms with E-state index in [-0.39, 0.29) is 47.6 Å². The molecule has 0 aromatic rings. The molecular formula is C32H49F2N3O2. The van der Waals surface area contributed by atoms with Crippen molar-refractivity contribution in [2.75, 3.05) is 26.2 Å². The van der Waals surface area contributed by atoms with Crippen LogP contribution in [0.1, 0.15) is 87.0 Å². The fraction of sp³-hybridized carbons (Fsp3) is 0.750. The van der Waals surface area contributed by atoms with Gasteiger partial charge in [-0.2, -0.15) is 0 Å². The Morgan fingerprint density at radius 1 is 1.13 bits per heavy atom. The van der Waals surface area contributed by atoms with Gasteiger partial charge in [0, 0.05) is 56.1 Å². The zero-order valence-corrected chi connectivity index (χ0v) is 25.1. The van der Waals surface area contributed by atoms with Crippen LogP contribution in [0.2, 0.25) is 0 Å². The summed E-state index contributed by atoms with van der Waals surface area (Å²) in [6.07, 6.45) is 8.72. The highest BCUT2D eigenvalue weighted by Crippen LogP contribution is 2.52. The van der Waals surface area contributed by atoms with E-state index < -0.39 is 17.2 Å². The van der Waals surface area contributed by atoms with Gasteiger partial charge in [0.25, 0.3) is 0 Å². The first-order valence-corrected chi connectivity index (χ1v) is 15.1. The topological polar surface area (TPSA) is 43.9 Å². The highest BCUT2D eigenvalue weighted by Gasteiger charge is 2.58. The minimum atomic E-state index is -0.423. The number of unbranched alkanes of at least 4 members (excludes halogenated alkanes) is 1. The number of allylic oxidation sites excluding steroid dienone is 5. The van der Waals surface area contributed by atoms with Crippen molar-refractivity contribution in [2.45, 2.75) is 105 Å². The van der Waals surface area contributed by atoms with Crippen LogP contribution in [0.25, 0.3) is 0 Å². The van der Waals surface area contributed by atoms with Crippen LogP contribution >= 0.6 is 0 Å². The molecule has 3 saturated heterocycles. The molecule has 4 atom stereocenters. The summed E-state index contributed by atoms with van der Waals surface area (Å²) in [6, 6.07) is 0.365. The van der Waals surface area contributed by atoms with Gasteiger partial charge in [0.15, 0.2) is 0 Å². The van der Waals surface area contributed by atoms with E-state index in [1.165, 1.54) is 18.2 Å². The van der Waals surface area contributed by atoms with Gasteiger partial charge in [-0.1, -0.05) is 25.8 Å². The zero-order valence-electron chi connectivity index (χ0n) is 25.1. The molecule has 0 saturated carbocycles.